The van der Waals surface area contributed by atoms with Gasteiger partial charge in [-0.25, -0.2) is 4.98 Å². The molecule has 0 unspecified atom stereocenters. The van der Waals surface area contributed by atoms with Crippen molar-refractivity contribution in [3.8, 4) is 16.3 Å². The standard InChI is InChI=1S/C24H33N3O3S/c28-16-19(29)14-26-11-8-22-23(15-26)31-24(25-22)17-4-6-20(7-5-17)30-21-12-18(13-21)27-9-2-1-3-10-27/h4-7,18-19,21,28-29H,1-3,8-16H2/t18-,19-,21-/m1/s1. The van der Waals surface area contributed by atoms with E-state index in [-0.39, 0.29) is 6.61 Å². The summed E-state index contributed by atoms with van der Waals surface area (Å²) < 4.78 is 6.21. The molecule has 2 fully saturated rings. The van der Waals surface area contributed by atoms with Crippen molar-refractivity contribution in [2.75, 3.05) is 32.8 Å². The number of aromatic nitrogens is 1. The Kier molecular flexibility index (Phi) is 6.57. The Morgan fingerprint density at radius 3 is 2.61 bits per heavy atom. The van der Waals surface area contributed by atoms with Crippen molar-refractivity contribution < 1.29 is 14.9 Å². The van der Waals surface area contributed by atoms with Crippen LogP contribution in [0.1, 0.15) is 42.7 Å². The minimum atomic E-state index is -0.674. The van der Waals surface area contributed by atoms with Gasteiger partial charge in [-0.05, 0) is 50.2 Å². The molecule has 0 amide bonds. The third-order valence-corrected chi connectivity index (χ3v) is 8.00. The minimum Gasteiger partial charge on any atom is -0.490 e. The highest BCUT2D eigenvalue weighted by atomic mass is 32.1. The first kappa shape index (κ1) is 21.3. The highest BCUT2D eigenvalue weighted by Gasteiger charge is 2.35. The van der Waals surface area contributed by atoms with E-state index in [2.05, 4.69) is 34.1 Å². The second-order valence-electron chi connectivity index (χ2n) is 9.20. The zero-order chi connectivity index (χ0) is 21.2. The molecular weight excluding hydrogens is 410 g/mol. The van der Waals surface area contributed by atoms with Crippen LogP contribution >= 0.6 is 11.3 Å². The van der Waals surface area contributed by atoms with Crippen LogP contribution in [-0.4, -0.2) is 76.0 Å². The van der Waals surface area contributed by atoms with E-state index < -0.39 is 6.10 Å². The third kappa shape index (κ3) is 4.96. The Morgan fingerprint density at radius 1 is 1.10 bits per heavy atom. The van der Waals surface area contributed by atoms with E-state index in [0.717, 1.165) is 54.7 Å². The van der Waals surface area contributed by atoms with Crippen molar-refractivity contribution in [1.82, 2.24) is 14.8 Å². The quantitative estimate of drug-likeness (QED) is 0.686. The van der Waals surface area contributed by atoms with E-state index in [1.807, 2.05) is 0 Å². The number of aliphatic hydroxyl groups excluding tert-OH is 2. The monoisotopic (exact) mass is 443 g/mol. The second-order valence-corrected chi connectivity index (χ2v) is 10.3. The summed E-state index contributed by atoms with van der Waals surface area (Å²) in [7, 11) is 0. The third-order valence-electron chi connectivity index (χ3n) is 6.87. The van der Waals surface area contributed by atoms with E-state index in [4.69, 9.17) is 14.8 Å². The summed E-state index contributed by atoms with van der Waals surface area (Å²) in [5.41, 5.74) is 2.31. The summed E-state index contributed by atoms with van der Waals surface area (Å²) >= 11 is 1.74. The van der Waals surface area contributed by atoms with Crippen molar-refractivity contribution >= 4 is 11.3 Å². The van der Waals surface area contributed by atoms with Crippen LogP contribution in [0.2, 0.25) is 0 Å². The molecule has 1 atom stereocenters. The van der Waals surface area contributed by atoms with Gasteiger partial charge in [0.1, 0.15) is 16.9 Å². The van der Waals surface area contributed by atoms with Gasteiger partial charge in [-0.3, -0.25) is 4.90 Å². The van der Waals surface area contributed by atoms with E-state index in [0.29, 0.717) is 12.6 Å². The summed E-state index contributed by atoms with van der Waals surface area (Å²) in [5, 5.41) is 19.8. The smallest absolute Gasteiger partial charge is 0.123 e. The zero-order valence-electron chi connectivity index (χ0n) is 18.1. The van der Waals surface area contributed by atoms with Crippen molar-refractivity contribution in [3.05, 3.63) is 34.8 Å². The fourth-order valence-corrected chi connectivity index (χ4v) is 6.12. The van der Waals surface area contributed by atoms with Gasteiger partial charge in [-0.2, -0.15) is 0 Å². The van der Waals surface area contributed by atoms with Crippen LogP contribution < -0.4 is 4.74 Å². The highest BCUT2D eigenvalue weighted by Crippen LogP contribution is 2.34. The molecule has 1 aliphatic carbocycles. The fourth-order valence-electron chi connectivity index (χ4n) is 4.97. The van der Waals surface area contributed by atoms with Gasteiger partial charge < -0.3 is 19.8 Å². The maximum atomic E-state index is 9.71. The molecule has 0 radical (unpaired) electrons. The lowest BCUT2D eigenvalue weighted by molar-refractivity contribution is 0.00893. The average molecular weight is 444 g/mol. The SMILES string of the molecule is OC[C@H](O)CN1CCc2nc(-c3ccc(O[C@H]4C[C@H](N5CCCCC5)C4)cc3)sc2C1. The van der Waals surface area contributed by atoms with E-state index in [1.165, 1.54) is 42.9 Å². The maximum absolute atomic E-state index is 9.71. The predicted molar refractivity (Wildman–Crippen MR) is 122 cm³/mol. The number of aliphatic hydroxyl groups is 2. The summed E-state index contributed by atoms with van der Waals surface area (Å²) in [6.45, 7) is 4.53. The van der Waals surface area contributed by atoms with Crippen LogP contribution in [0.25, 0.3) is 10.6 Å². The number of ether oxygens (including phenoxy) is 1. The van der Waals surface area contributed by atoms with Crippen molar-refractivity contribution in [2.24, 2.45) is 0 Å². The number of β-amino-alcohol motifs (C(OH)–C–C–N with tert-alkyl or cyclic N) is 1. The first-order valence-electron chi connectivity index (χ1n) is 11.7. The second kappa shape index (κ2) is 9.55. The van der Waals surface area contributed by atoms with Gasteiger partial charge in [0.2, 0.25) is 0 Å². The summed E-state index contributed by atoms with van der Waals surface area (Å²) in [6.07, 6.45) is 6.98. The molecule has 5 rings (SSSR count). The number of likely N-dealkylation sites (tertiary alicyclic amines) is 1. The number of nitrogens with zero attached hydrogens (tertiary/aromatic N) is 3. The zero-order valence-corrected chi connectivity index (χ0v) is 18.9. The van der Waals surface area contributed by atoms with Gasteiger partial charge in [0.05, 0.1) is 18.4 Å². The van der Waals surface area contributed by atoms with Crippen LogP contribution in [0, 0.1) is 0 Å². The fraction of sp³-hybridized carbons (Fsp3) is 0.625. The first-order chi connectivity index (χ1) is 15.2. The Morgan fingerprint density at radius 2 is 1.87 bits per heavy atom. The lowest BCUT2D eigenvalue weighted by Crippen LogP contribution is -2.50. The molecule has 2 aliphatic heterocycles. The molecule has 0 bridgehead atoms. The van der Waals surface area contributed by atoms with Crippen molar-refractivity contribution in [2.45, 2.75) is 63.3 Å². The van der Waals surface area contributed by atoms with Crippen LogP contribution in [-0.2, 0) is 13.0 Å². The number of thiazole rings is 1. The van der Waals surface area contributed by atoms with Crippen LogP contribution in [0.5, 0.6) is 5.75 Å². The van der Waals surface area contributed by atoms with Crippen molar-refractivity contribution in [1.29, 1.82) is 0 Å². The Bertz CT molecular complexity index is 859. The molecule has 6 nitrogen and oxygen atoms in total. The first-order valence-corrected chi connectivity index (χ1v) is 12.5. The molecule has 1 saturated heterocycles. The molecule has 1 aromatic heterocycles. The molecule has 31 heavy (non-hydrogen) atoms. The lowest BCUT2D eigenvalue weighted by Gasteiger charge is -2.44. The molecule has 3 heterocycles. The largest absolute Gasteiger partial charge is 0.490 e. The molecular formula is C24H33N3O3S. The number of benzene rings is 1. The van der Waals surface area contributed by atoms with Gasteiger partial charge in [0.25, 0.3) is 0 Å². The van der Waals surface area contributed by atoms with E-state index in [1.54, 1.807) is 11.3 Å². The normalized spacial score (nSPS) is 25.6. The van der Waals surface area contributed by atoms with Gasteiger partial charge in [-0.1, -0.05) is 6.42 Å². The molecule has 3 aliphatic rings. The summed E-state index contributed by atoms with van der Waals surface area (Å²) in [5.74, 6) is 0.955. The predicted octanol–water partition coefficient (Wildman–Crippen LogP) is 2.92. The van der Waals surface area contributed by atoms with Crippen molar-refractivity contribution in [3.63, 3.8) is 0 Å². The average Bonchev–Trinajstić information content (AvgIpc) is 3.20. The molecule has 0 spiro atoms. The van der Waals surface area contributed by atoms with Crippen LogP contribution in [0.4, 0.5) is 0 Å². The molecule has 168 valence electrons. The van der Waals surface area contributed by atoms with Gasteiger partial charge in [-0.15, -0.1) is 11.3 Å². The Labute approximate surface area is 188 Å². The number of hydrogen-bond acceptors (Lipinski definition) is 7. The molecule has 2 N–H and O–H groups in total. The van der Waals surface area contributed by atoms with Gasteiger partial charge in [0, 0.05) is 55.4 Å². The van der Waals surface area contributed by atoms with Crippen LogP contribution in [0.15, 0.2) is 24.3 Å². The minimum absolute atomic E-state index is 0.189. The number of fused-ring (bicyclic) bond motifs is 1. The Hall–Kier alpha value is -1.51. The maximum Gasteiger partial charge on any atom is 0.123 e. The Balaban J connectivity index is 1.15. The topological polar surface area (TPSA) is 69.1 Å². The lowest BCUT2D eigenvalue weighted by atomic mass is 9.86. The highest BCUT2D eigenvalue weighted by molar-refractivity contribution is 7.15. The number of piperidine rings is 1. The van der Waals surface area contributed by atoms with Gasteiger partial charge >= 0.3 is 0 Å². The van der Waals surface area contributed by atoms with E-state index >= 15 is 0 Å². The number of hydrogen-bond donors (Lipinski definition) is 2. The molecule has 2 aromatic rings. The number of rotatable bonds is 7. The van der Waals surface area contributed by atoms with Crippen LogP contribution in [0.3, 0.4) is 0 Å². The summed E-state index contributed by atoms with van der Waals surface area (Å²) in [6, 6.07) is 9.12. The summed E-state index contributed by atoms with van der Waals surface area (Å²) in [4.78, 5) is 11.0. The van der Waals surface area contributed by atoms with E-state index in [9.17, 15) is 5.11 Å². The molecule has 1 saturated carbocycles. The molecule has 7 heteroatoms. The molecule has 1 aromatic carbocycles. The van der Waals surface area contributed by atoms with Gasteiger partial charge in [0.15, 0.2) is 0 Å².